The van der Waals surface area contributed by atoms with Crippen LogP contribution in [0.4, 0.5) is 0 Å². The highest BCUT2D eigenvalue weighted by molar-refractivity contribution is 6.18. The quantitative estimate of drug-likeness (QED) is 0.166. The molecule has 11 aromatic carbocycles. The Morgan fingerprint density at radius 3 is 1.59 bits per heavy atom. The topological polar surface area (TPSA) is 35.6 Å². The van der Waals surface area contributed by atoms with Crippen LogP contribution in [0, 0.1) is 0 Å². The minimum absolute atomic E-state index is 0.857. The predicted octanol–water partition coefficient (Wildman–Crippen LogP) is 15.8. The lowest BCUT2D eigenvalue weighted by Gasteiger charge is -2.16. The lowest BCUT2D eigenvalue weighted by molar-refractivity contribution is 1.18. The molecule has 64 heavy (non-hydrogen) atoms. The van der Waals surface area contributed by atoms with Crippen molar-refractivity contribution in [1.29, 1.82) is 0 Å². The first-order valence-corrected chi connectivity index (χ1v) is 21.9. The average molecular weight is 813 g/mol. The molecule has 0 aliphatic heterocycles. The molecule has 0 aliphatic carbocycles. The third kappa shape index (κ3) is 5.11. The van der Waals surface area contributed by atoms with E-state index < -0.39 is 0 Å². The fraction of sp³-hybridized carbons (Fsp3) is 0. The molecule has 4 nitrogen and oxygen atoms in total. The first kappa shape index (κ1) is 35.0. The highest BCUT2D eigenvalue weighted by atomic mass is 15.0. The Kier molecular flexibility index (Phi) is 7.36. The first-order valence-electron chi connectivity index (χ1n) is 21.9. The summed E-state index contributed by atoms with van der Waals surface area (Å²) in [7, 11) is 0. The van der Waals surface area contributed by atoms with Gasteiger partial charge in [-0.3, -0.25) is 0 Å². The van der Waals surface area contributed by atoms with E-state index in [0.29, 0.717) is 0 Å². The van der Waals surface area contributed by atoms with Crippen molar-refractivity contribution in [1.82, 2.24) is 19.1 Å². The summed E-state index contributed by atoms with van der Waals surface area (Å²) in [6.45, 7) is 0. The Bertz CT molecular complexity index is 4270. The maximum atomic E-state index is 5.42. The van der Waals surface area contributed by atoms with Crippen LogP contribution in [0.2, 0.25) is 0 Å². The third-order valence-electron chi connectivity index (χ3n) is 13.4. The van der Waals surface area contributed by atoms with Crippen molar-refractivity contribution >= 4 is 97.7 Å². The lowest BCUT2D eigenvalue weighted by Crippen LogP contribution is -1.99. The number of fused-ring (bicyclic) bond motifs is 12. The molecule has 0 bridgehead atoms. The molecule has 4 heteroatoms. The monoisotopic (exact) mass is 812 g/mol. The van der Waals surface area contributed by atoms with Gasteiger partial charge in [-0.05, 0) is 110 Å². The van der Waals surface area contributed by atoms with Crippen LogP contribution >= 0.6 is 0 Å². The number of hydrogen-bond acceptors (Lipinski definition) is 2. The van der Waals surface area contributed by atoms with E-state index in [0.717, 1.165) is 55.7 Å². The number of rotatable bonds is 4. The van der Waals surface area contributed by atoms with Gasteiger partial charge in [-0.2, -0.15) is 0 Å². The molecule has 0 saturated carbocycles. The molecule has 0 amide bonds. The standard InChI is InChI=1S/C60H36N4/c1-2-16-38-34-58-49(32-37(38)15-1)46-24-8-12-29-55(46)64(58)56-30-14-18-40-35-57-50(36-48(40)56)47-25-7-11-28-54(47)63(57)42-20-13-19-41(31-42)59-60(62-53-27-10-9-26-52(53)61-59)51-33-39-17-3-4-21-43(39)44-22-5-6-23-45(44)51/h1-36H. The van der Waals surface area contributed by atoms with Gasteiger partial charge in [0.2, 0.25) is 0 Å². The normalized spacial score (nSPS) is 12.1. The van der Waals surface area contributed by atoms with E-state index in [-0.39, 0.29) is 0 Å². The van der Waals surface area contributed by atoms with E-state index in [9.17, 15) is 0 Å². The van der Waals surface area contributed by atoms with Gasteiger partial charge in [0.25, 0.3) is 0 Å². The predicted molar refractivity (Wildman–Crippen MR) is 269 cm³/mol. The van der Waals surface area contributed by atoms with Crippen molar-refractivity contribution in [2.45, 2.75) is 0 Å². The molecule has 0 spiro atoms. The minimum Gasteiger partial charge on any atom is -0.309 e. The number of aromatic nitrogens is 4. The van der Waals surface area contributed by atoms with Crippen molar-refractivity contribution in [2.24, 2.45) is 0 Å². The zero-order valence-electron chi connectivity index (χ0n) is 34.6. The Hall–Kier alpha value is -8.60. The maximum absolute atomic E-state index is 5.42. The van der Waals surface area contributed by atoms with E-state index in [1.165, 1.54) is 76.0 Å². The summed E-state index contributed by atoms with van der Waals surface area (Å²) in [6, 6.07) is 79.2. The molecule has 0 aliphatic rings. The van der Waals surface area contributed by atoms with E-state index in [2.05, 4.69) is 215 Å². The zero-order valence-corrected chi connectivity index (χ0v) is 34.6. The largest absolute Gasteiger partial charge is 0.309 e. The van der Waals surface area contributed by atoms with Gasteiger partial charge in [0.15, 0.2) is 0 Å². The Morgan fingerprint density at radius 2 is 0.812 bits per heavy atom. The molecular formula is C60H36N4. The van der Waals surface area contributed by atoms with Gasteiger partial charge >= 0.3 is 0 Å². The second kappa shape index (κ2) is 13.4. The fourth-order valence-corrected chi connectivity index (χ4v) is 10.5. The van der Waals surface area contributed by atoms with Crippen molar-refractivity contribution < 1.29 is 0 Å². The minimum atomic E-state index is 0.857. The molecule has 14 aromatic rings. The van der Waals surface area contributed by atoms with Crippen molar-refractivity contribution in [3.8, 4) is 33.9 Å². The summed E-state index contributed by atoms with van der Waals surface area (Å²) in [5.74, 6) is 0. The fourth-order valence-electron chi connectivity index (χ4n) is 10.5. The molecule has 0 radical (unpaired) electrons. The summed E-state index contributed by atoms with van der Waals surface area (Å²) in [4.78, 5) is 10.8. The molecule has 3 heterocycles. The summed E-state index contributed by atoms with van der Waals surface area (Å²) in [5, 5.41) is 14.6. The Balaban J connectivity index is 1.00. The number of benzene rings is 11. The molecule has 296 valence electrons. The van der Waals surface area contributed by atoms with Gasteiger partial charge < -0.3 is 9.13 Å². The van der Waals surface area contributed by atoms with Crippen LogP contribution in [0.1, 0.15) is 0 Å². The van der Waals surface area contributed by atoms with Crippen LogP contribution in [0.5, 0.6) is 0 Å². The van der Waals surface area contributed by atoms with Crippen LogP contribution in [-0.4, -0.2) is 19.1 Å². The highest BCUT2D eigenvalue weighted by Gasteiger charge is 2.21. The number of para-hydroxylation sites is 4. The van der Waals surface area contributed by atoms with Gasteiger partial charge in [0, 0.05) is 43.7 Å². The van der Waals surface area contributed by atoms with E-state index >= 15 is 0 Å². The summed E-state index contributed by atoms with van der Waals surface area (Å²) < 4.78 is 4.89. The molecule has 0 fully saturated rings. The van der Waals surface area contributed by atoms with Crippen LogP contribution in [0.15, 0.2) is 218 Å². The van der Waals surface area contributed by atoms with Crippen LogP contribution in [0.3, 0.4) is 0 Å². The van der Waals surface area contributed by atoms with Crippen LogP contribution < -0.4 is 0 Å². The number of hydrogen-bond donors (Lipinski definition) is 0. The molecule has 0 saturated heterocycles. The van der Waals surface area contributed by atoms with E-state index in [4.69, 9.17) is 9.97 Å². The molecule has 0 N–H and O–H groups in total. The van der Waals surface area contributed by atoms with Gasteiger partial charge in [-0.15, -0.1) is 0 Å². The SMILES string of the molecule is c1cc(-c2nc3ccccc3nc2-c2cc3ccccc3c3ccccc23)cc(-n2c3ccccc3c3cc4c(-n5c6ccccc6c6cc7ccccc7cc65)cccc4cc32)c1. The molecule has 14 rings (SSSR count). The zero-order chi connectivity index (χ0) is 41.9. The van der Waals surface area contributed by atoms with Crippen molar-refractivity contribution in [3.63, 3.8) is 0 Å². The number of nitrogens with zero attached hydrogens (tertiary/aromatic N) is 4. The molecular weight excluding hydrogens is 777 g/mol. The van der Waals surface area contributed by atoms with Crippen molar-refractivity contribution in [3.05, 3.63) is 218 Å². The molecule has 0 unspecified atom stereocenters. The smallest absolute Gasteiger partial charge is 0.0979 e. The van der Waals surface area contributed by atoms with Gasteiger partial charge in [-0.1, -0.05) is 146 Å². The second-order valence-corrected chi connectivity index (χ2v) is 16.9. The van der Waals surface area contributed by atoms with E-state index in [1.54, 1.807) is 0 Å². The first-order chi connectivity index (χ1) is 31.7. The van der Waals surface area contributed by atoms with Crippen LogP contribution in [0.25, 0.3) is 132 Å². The van der Waals surface area contributed by atoms with E-state index in [1.807, 2.05) is 12.1 Å². The van der Waals surface area contributed by atoms with Crippen LogP contribution in [-0.2, 0) is 0 Å². The van der Waals surface area contributed by atoms with Gasteiger partial charge in [0.1, 0.15) is 0 Å². The summed E-state index contributed by atoms with van der Waals surface area (Å²) >= 11 is 0. The third-order valence-corrected chi connectivity index (χ3v) is 13.4. The summed E-state index contributed by atoms with van der Waals surface area (Å²) in [6.07, 6.45) is 0. The van der Waals surface area contributed by atoms with Gasteiger partial charge in [0.05, 0.1) is 50.2 Å². The Labute approximate surface area is 367 Å². The van der Waals surface area contributed by atoms with Gasteiger partial charge in [-0.25, -0.2) is 9.97 Å². The highest BCUT2D eigenvalue weighted by Crippen LogP contribution is 2.42. The maximum Gasteiger partial charge on any atom is 0.0979 e. The molecule has 0 atom stereocenters. The van der Waals surface area contributed by atoms with Crippen molar-refractivity contribution in [2.75, 3.05) is 0 Å². The Morgan fingerprint density at radius 1 is 0.281 bits per heavy atom. The summed E-state index contributed by atoms with van der Waals surface area (Å²) in [5.41, 5.74) is 12.5. The molecule has 3 aromatic heterocycles. The lowest BCUT2D eigenvalue weighted by atomic mass is 9.93. The second-order valence-electron chi connectivity index (χ2n) is 16.9. The average Bonchev–Trinajstić information content (AvgIpc) is 3.85.